The molecule has 1 aromatic rings. The molecule has 2 nitrogen and oxygen atoms in total. The average Bonchev–Trinajstić information content (AvgIpc) is 2.15. The van der Waals surface area contributed by atoms with Gasteiger partial charge in [0, 0.05) is 6.42 Å². The van der Waals surface area contributed by atoms with Crippen molar-refractivity contribution in [3.05, 3.63) is 34.9 Å². The van der Waals surface area contributed by atoms with Crippen molar-refractivity contribution in [2.45, 2.75) is 46.6 Å². The van der Waals surface area contributed by atoms with Crippen molar-refractivity contribution < 1.29 is 4.79 Å². The number of likely N-dealkylation sites (N-methyl/N-ethyl adjacent to an activating group) is 1. The van der Waals surface area contributed by atoms with E-state index in [4.69, 9.17) is 0 Å². The lowest BCUT2D eigenvalue weighted by molar-refractivity contribution is -0.123. The van der Waals surface area contributed by atoms with Gasteiger partial charge >= 0.3 is 0 Å². The molecular formula is C15H23NO. The molecule has 1 aromatic carbocycles. The van der Waals surface area contributed by atoms with Crippen LogP contribution in [-0.2, 0) is 11.2 Å². The first kappa shape index (κ1) is 13.9. The summed E-state index contributed by atoms with van der Waals surface area (Å²) in [4.78, 5) is 12.2. The third kappa shape index (κ3) is 3.97. The molecule has 0 atom stereocenters. The largest absolute Gasteiger partial charge is 0.306 e. The second-order valence-corrected chi connectivity index (χ2v) is 5.25. The van der Waals surface area contributed by atoms with Crippen molar-refractivity contribution in [3.8, 4) is 0 Å². The van der Waals surface area contributed by atoms with E-state index in [1.165, 1.54) is 11.1 Å². The van der Waals surface area contributed by atoms with E-state index in [2.05, 4.69) is 37.4 Å². The van der Waals surface area contributed by atoms with Crippen LogP contribution in [0.3, 0.4) is 0 Å². The van der Waals surface area contributed by atoms with Crippen LogP contribution in [0.15, 0.2) is 18.2 Å². The number of carbonyl (C=O) groups excluding carboxylic acids is 1. The molecule has 0 spiro atoms. The lowest BCUT2D eigenvalue weighted by Gasteiger charge is -2.24. The first-order chi connectivity index (χ1) is 7.85. The Morgan fingerprint density at radius 1 is 1.18 bits per heavy atom. The molecule has 0 heterocycles. The smallest absolute Gasteiger partial charge is 0.156 e. The predicted octanol–water partition coefficient (Wildman–Crippen LogP) is 2.80. The molecule has 2 heteroatoms. The molecule has 94 valence electrons. The van der Waals surface area contributed by atoms with Crippen molar-refractivity contribution in [1.29, 1.82) is 0 Å². The van der Waals surface area contributed by atoms with E-state index in [1.807, 2.05) is 20.8 Å². The number of Topliss-reactive ketones (excluding diaryl/α,β-unsaturated/α-hetero) is 1. The van der Waals surface area contributed by atoms with Gasteiger partial charge in [0.25, 0.3) is 0 Å². The molecule has 0 fully saturated rings. The molecule has 0 aliphatic heterocycles. The minimum atomic E-state index is -0.438. The third-order valence-corrected chi connectivity index (χ3v) is 2.96. The summed E-state index contributed by atoms with van der Waals surface area (Å²) in [5.74, 6) is 0.240. The highest BCUT2D eigenvalue weighted by atomic mass is 16.1. The third-order valence-electron chi connectivity index (χ3n) is 2.96. The Kier molecular flexibility index (Phi) is 4.47. The first-order valence-electron chi connectivity index (χ1n) is 6.20. The van der Waals surface area contributed by atoms with Crippen molar-refractivity contribution in [2.24, 2.45) is 0 Å². The van der Waals surface area contributed by atoms with Crippen LogP contribution in [0.4, 0.5) is 0 Å². The minimum Gasteiger partial charge on any atom is -0.306 e. The predicted molar refractivity (Wildman–Crippen MR) is 72.4 cm³/mol. The highest BCUT2D eigenvalue weighted by Crippen LogP contribution is 2.13. The molecule has 0 radical (unpaired) electrons. The summed E-state index contributed by atoms with van der Waals surface area (Å²) in [5.41, 5.74) is 3.11. The summed E-state index contributed by atoms with van der Waals surface area (Å²) in [6, 6.07) is 6.31. The monoisotopic (exact) mass is 233 g/mol. The Balaban J connectivity index is 2.80. The Labute approximate surface area is 104 Å². The topological polar surface area (TPSA) is 29.1 Å². The zero-order valence-corrected chi connectivity index (χ0v) is 11.6. The van der Waals surface area contributed by atoms with Gasteiger partial charge < -0.3 is 5.32 Å². The van der Waals surface area contributed by atoms with Gasteiger partial charge in [0.1, 0.15) is 0 Å². The van der Waals surface area contributed by atoms with Crippen LogP contribution in [-0.4, -0.2) is 17.9 Å². The number of hydrogen-bond acceptors (Lipinski definition) is 2. The van der Waals surface area contributed by atoms with Crippen molar-refractivity contribution in [1.82, 2.24) is 5.32 Å². The Morgan fingerprint density at radius 2 is 1.71 bits per heavy atom. The number of hydrogen-bond donors (Lipinski definition) is 1. The van der Waals surface area contributed by atoms with Crippen LogP contribution in [0.5, 0.6) is 0 Å². The average molecular weight is 233 g/mol. The number of aryl methyl sites for hydroxylation is 2. The van der Waals surface area contributed by atoms with Crippen LogP contribution in [0.1, 0.15) is 37.5 Å². The van der Waals surface area contributed by atoms with E-state index in [9.17, 15) is 4.79 Å². The molecular weight excluding hydrogens is 210 g/mol. The molecule has 0 bridgehead atoms. The maximum Gasteiger partial charge on any atom is 0.156 e. The van der Waals surface area contributed by atoms with Gasteiger partial charge in [-0.05, 0) is 39.8 Å². The van der Waals surface area contributed by atoms with Gasteiger partial charge in [-0.3, -0.25) is 4.79 Å². The molecule has 0 unspecified atom stereocenters. The van der Waals surface area contributed by atoms with Gasteiger partial charge in [-0.15, -0.1) is 0 Å². The van der Waals surface area contributed by atoms with Crippen LogP contribution in [0.25, 0.3) is 0 Å². The summed E-state index contributed by atoms with van der Waals surface area (Å²) in [6.07, 6.45) is 0.502. The van der Waals surface area contributed by atoms with E-state index in [0.717, 1.165) is 12.1 Å². The van der Waals surface area contributed by atoms with E-state index in [1.54, 1.807) is 0 Å². The van der Waals surface area contributed by atoms with Crippen LogP contribution in [0.2, 0.25) is 0 Å². The van der Waals surface area contributed by atoms with E-state index in [-0.39, 0.29) is 5.78 Å². The quantitative estimate of drug-likeness (QED) is 0.847. The van der Waals surface area contributed by atoms with E-state index < -0.39 is 5.54 Å². The number of rotatable bonds is 5. The Morgan fingerprint density at radius 3 is 2.18 bits per heavy atom. The summed E-state index contributed by atoms with van der Waals surface area (Å²) in [6.45, 7) is 10.9. The number of ketones is 1. The number of benzene rings is 1. The number of nitrogens with one attached hydrogen (secondary N) is 1. The lowest BCUT2D eigenvalue weighted by Crippen LogP contribution is -2.47. The highest BCUT2D eigenvalue weighted by molar-refractivity contribution is 5.89. The van der Waals surface area contributed by atoms with Gasteiger partial charge in [0.15, 0.2) is 5.78 Å². The van der Waals surface area contributed by atoms with Crippen molar-refractivity contribution in [2.75, 3.05) is 6.54 Å². The van der Waals surface area contributed by atoms with Crippen LogP contribution in [0, 0.1) is 13.8 Å². The highest BCUT2D eigenvalue weighted by Gasteiger charge is 2.25. The zero-order valence-electron chi connectivity index (χ0n) is 11.6. The van der Waals surface area contributed by atoms with Crippen LogP contribution < -0.4 is 5.32 Å². The number of carbonyl (C=O) groups is 1. The first-order valence-corrected chi connectivity index (χ1v) is 6.20. The van der Waals surface area contributed by atoms with Gasteiger partial charge in [-0.25, -0.2) is 0 Å². The lowest BCUT2D eigenvalue weighted by atomic mass is 9.92. The molecule has 0 aromatic heterocycles. The van der Waals surface area contributed by atoms with Crippen molar-refractivity contribution >= 4 is 5.78 Å². The fourth-order valence-corrected chi connectivity index (χ4v) is 2.12. The zero-order chi connectivity index (χ0) is 13.1. The maximum absolute atomic E-state index is 12.2. The van der Waals surface area contributed by atoms with Crippen LogP contribution >= 0.6 is 0 Å². The Hall–Kier alpha value is -1.15. The van der Waals surface area contributed by atoms with Gasteiger partial charge in [-0.2, -0.15) is 0 Å². The fraction of sp³-hybridized carbons (Fsp3) is 0.533. The van der Waals surface area contributed by atoms with Gasteiger partial charge in [0.2, 0.25) is 0 Å². The molecule has 0 aliphatic rings. The minimum absolute atomic E-state index is 0.240. The maximum atomic E-state index is 12.2. The molecule has 17 heavy (non-hydrogen) atoms. The molecule has 0 saturated heterocycles. The molecule has 1 N–H and O–H groups in total. The summed E-state index contributed by atoms with van der Waals surface area (Å²) >= 11 is 0. The van der Waals surface area contributed by atoms with Gasteiger partial charge in [0.05, 0.1) is 5.54 Å². The second kappa shape index (κ2) is 5.46. The summed E-state index contributed by atoms with van der Waals surface area (Å²) in [5, 5.41) is 3.22. The van der Waals surface area contributed by atoms with E-state index >= 15 is 0 Å². The normalized spacial score (nSPS) is 11.6. The van der Waals surface area contributed by atoms with E-state index in [0.29, 0.717) is 6.42 Å². The SMILES string of the molecule is CCNC(C)(C)C(=O)Cc1cc(C)cc(C)c1. The summed E-state index contributed by atoms with van der Waals surface area (Å²) < 4.78 is 0. The Bertz CT molecular complexity index is 387. The van der Waals surface area contributed by atoms with Gasteiger partial charge in [-0.1, -0.05) is 36.2 Å². The standard InChI is InChI=1S/C15H23NO/c1-6-16-15(4,5)14(17)10-13-8-11(2)7-12(3)9-13/h7-9,16H,6,10H2,1-5H3. The molecule has 0 amide bonds. The van der Waals surface area contributed by atoms with Crippen molar-refractivity contribution in [3.63, 3.8) is 0 Å². The summed E-state index contributed by atoms with van der Waals surface area (Å²) in [7, 11) is 0. The fourth-order valence-electron chi connectivity index (χ4n) is 2.12. The second-order valence-electron chi connectivity index (χ2n) is 5.25. The molecule has 0 saturated carbocycles. The molecule has 0 aliphatic carbocycles. The molecule has 1 rings (SSSR count).